The van der Waals surface area contributed by atoms with E-state index in [1.54, 1.807) is 0 Å². The fourth-order valence-electron chi connectivity index (χ4n) is 2.76. The van der Waals surface area contributed by atoms with Crippen molar-refractivity contribution >= 4 is 0 Å². The van der Waals surface area contributed by atoms with Gasteiger partial charge in [-0.2, -0.15) is 0 Å². The maximum Gasteiger partial charge on any atom is 0.0715 e. The average molecular weight is 241 g/mol. The number of hydrogen-bond acceptors (Lipinski definition) is 2. The van der Waals surface area contributed by atoms with E-state index < -0.39 is 5.60 Å². The van der Waals surface area contributed by atoms with Gasteiger partial charge >= 0.3 is 0 Å². The lowest BCUT2D eigenvalue weighted by Gasteiger charge is -2.39. The van der Waals surface area contributed by atoms with Gasteiger partial charge in [-0.1, -0.05) is 27.2 Å². The van der Waals surface area contributed by atoms with Crippen molar-refractivity contribution in [2.75, 3.05) is 6.54 Å². The Morgan fingerprint density at radius 1 is 1.06 bits per heavy atom. The Balaban J connectivity index is 2.31. The van der Waals surface area contributed by atoms with E-state index >= 15 is 0 Å². The van der Waals surface area contributed by atoms with Crippen LogP contribution in [0.1, 0.15) is 66.7 Å². The van der Waals surface area contributed by atoms with Gasteiger partial charge in [-0.15, -0.1) is 0 Å². The normalized spacial score (nSPS) is 27.2. The van der Waals surface area contributed by atoms with E-state index in [1.165, 1.54) is 32.1 Å². The molecule has 2 heteroatoms. The minimum Gasteiger partial charge on any atom is -0.389 e. The number of hydrogen-bond donors (Lipinski definition) is 2. The second-order valence-corrected chi connectivity index (χ2v) is 7.08. The zero-order valence-electron chi connectivity index (χ0n) is 12.3. The molecule has 0 heterocycles. The van der Waals surface area contributed by atoms with Crippen molar-refractivity contribution < 1.29 is 5.11 Å². The minimum atomic E-state index is -0.584. The summed E-state index contributed by atoms with van der Waals surface area (Å²) < 4.78 is 0. The maximum absolute atomic E-state index is 9.71. The van der Waals surface area contributed by atoms with Crippen LogP contribution in [0.5, 0.6) is 0 Å². The van der Waals surface area contributed by atoms with E-state index in [0.717, 1.165) is 5.92 Å². The van der Waals surface area contributed by atoms with Crippen molar-refractivity contribution in [2.45, 2.75) is 78.4 Å². The Hall–Kier alpha value is -0.0800. The van der Waals surface area contributed by atoms with Crippen LogP contribution in [-0.2, 0) is 0 Å². The van der Waals surface area contributed by atoms with Gasteiger partial charge in [-0.25, -0.2) is 0 Å². The van der Waals surface area contributed by atoms with Crippen LogP contribution < -0.4 is 5.32 Å². The average Bonchev–Trinajstić information content (AvgIpc) is 2.26. The summed E-state index contributed by atoms with van der Waals surface area (Å²) in [5.41, 5.74) is -0.0826. The van der Waals surface area contributed by atoms with Crippen LogP contribution in [0.25, 0.3) is 0 Å². The highest BCUT2D eigenvalue weighted by Gasteiger charge is 2.31. The predicted octanol–water partition coefficient (Wildman–Crippen LogP) is 3.34. The van der Waals surface area contributed by atoms with Crippen molar-refractivity contribution in [3.05, 3.63) is 0 Å². The van der Waals surface area contributed by atoms with Crippen LogP contribution in [0, 0.1) is 11.3 Å². The van der Waals surface area contributed by atoms with E-state index in [2.05, 4.69) is 26.1 Å². The van der Waals surface area contributed by atoms with E-state index in [1.807, 2.05) is 13.8 Å². The quantitative estimate of drug-likeness (QED) is 0.773. The van der Waals surface area contributed by atoms with Crippen LogP contribution in [0.15, 0.2) is 0 Å². The summed E-state index contributed by atoms with van der Waals surface area (Å²) in [5, 5.41) is 13.2. The number of nitrogens with one attached hydrogen (secondary N) is 1. The van der Waals surface area contributed by atoms with Gasteiger partial charge in [0.05, 0.1) is 5.60 Å². The van der Waals surface area contributed by atoms with Crippen LogP contribution in [0.3, 0.4) is 0 Å². The molecule has 1 rings (SSSR count). The molecule has 1 fully saturated rings. The van der Waals surface area contributed by atoms with Gasteiger partial charge in [0.2, 0.25) is 0 Å². The first-order valence-corrected chi connectivity index (χ1v) is 7.20. The summed E-state index contributed by atoms with van der Waals surface area (Å²) in [7, 11) is 0. The number of aliphatic hydroxyl groups is 1. The van der Waals surface area contributed by atoms with Crippen LogP contribution in [0.4, 0.5) is 0 Å². The molecular formula is C15H31NO. The summed E-state index contributed by atoms with van der Waals surface area (Å²) in [6.07, 6.45) is 6.49. The van der Waals surface area contributed by atoms with Gasteiger partial charge in [0.25, 0.3) is 0 Å². The van der Waals surface area contributed by atoms with Gasteiger partial charge < -0.3 is 10.4 Å². The van der Waals surface area contributed by atoms with Crippen LogP contribution in [0.2, 0.25) is 0 Å². The molecule has 1 aliphatic carbocycles. The molecule has 102 valence electrons. The third-order valence-electron chi connectivity index (χ3n) is 4.57. The molecule has 0 aliphatic heterocycles. The highest BCUT2D eigenvalue weighted by atomic mass is 16.3. The zero-order chi connectivity index (χ0) is 13.1. The molecule has 17 heavy (non-hydrogen) atoms. The largest absolute Gasteiger partial charge is 0.389 e. The molecule has 0 unspecified atom stereocenters. The van der Waals surface area contributed by atoms with Gasteiger partial charge in [0, 0.05) is 12.6 Å². The Labute approximate surface area is 107 Å². The van der Waals surface area contributed by atoms with E-state index in [4.69, 9.17) is 0 Å². The molecule has 1 saturated carbocycles. The third-order valence-corrected chi connectivity index (χ3v) is 4.57. The molecule has 1 aliphatic rings. The first-order chi connectivity index (χ1) is 7.74. The molecule has 2 nitrogen and oxygen atoms in total. The monoisotopic (exact) mass is 241 g/mol. The van der Waals surface area contributed by atoms with Crippen LogP contribution in [-0.4, -0.2) is 23.3 Å². The Morgan fingerprint density at radius 3 is 2.00 bits per heavy atom. The molecule has 0 aromatic rings. The lowest BCUT2D eigenvalue weighted by molar-refractivity contribution is 0.0694. The lowest BCUT2D eigenvalue weighted by Crippen LogP contribution is -2.43. The fourth-order valence-corrected chi connectivity index (χ4v) is 2.76. The molecule has 0 spiro atoms. The predicted molar refractivity (Wildman–Crippen MR) is 74.1 cm³/mol. The van der Waals surface area contributed by atoms with E-state index in [-0.39, 0.29) is 0 Å². The van der Waals surface area contributed by atoms with Gasteiger partial charge in [0.1, 0.15) is 0 Å². The summed E-state index contributed by atoms with van der Waals surface area (Å²) in [6, 6.07) is 0.616. The molecular weight excluding hydrogens is 210 g/mol. The van der Waals surface area contributed by atoms with Gasteiger partial charge in [-0.05, 0) is 50.9 Å². The van der Waals surface area contributed by atoms with Gasteiger partial charge in [0.15, 0.2) is 0 Å². The van der Waals surface area contributed by atoms with Crippen molar-refractivity contribution in [1.82, 2.24) is 5.32 Å². The van der Waals surface area contributed by atoms with Crippen molar-refractivity contribution in [1.29, 1.82) is 0 Å². The zero-order valence-corrected chi connectivity index (χ0v) is 12.3. The second-order valence-electron chi connectivity index (χ2n) is 7.08. The summed E-state index contributed by atoms with van der Waals surface area (Å²) in [4.78, 5) is 0. The third kappa shape index (κ3) is 4.97. The molecule has 0 bridgehead atoms. The SMILES string of the molecule is CCC(C)(C)C1CCC(NCC(C)(C)O)CC1. The van der Waals surface area contributed by atoms with Crippen molar-refractivity contribution in [3.63, 3.8) is 0 Å². The molecule has 0 atom stereocenters. The standard InChI is InChI=1S/C15H31NO/c1-6-14(2,3)12-7-9-13(10-8-12)16-11-15(4,5)17/h12-13,16-17H,6-11H2,1-5H3. The molecule has 0 radical (unpaired) electrons. The summed E-state index contributed by atoms with van der Waals surface area (Å²) in [5.74, 6) is 0.882. The second kappa shape index (κ2) is 5.71. The molecule has 0 aromatic carbocycles. The Kier molecular flexibility index (Phi) is 5.03. The maximum atomic E-state index is 9.71. The highest BCUT2D eigenvalue weighted by molar-refractivity contribution is 4.85. The lowest BCUT2D eigenvalue weighted by atomic mass is 9.69. The minimum absolute atomic E-state index is 0.501. The fraction of sp³-hybridized carbons (Fsp3) is 1.00. The van der Waals surface area contributed by atoms with E-state index in [0.29, 0.717) is 18.0 Å². The first kappa shape index (κ1) is 15.0. The first-order valence-electron chi connectivity index (χ1n) is 7.20. The van der Waals surface area contributed by atoms with Crippen molar-refractivity contribution in [2.24, 2.45) is 11.3 Å². The van der Waals surface area contributed by atoms with Gasteiger partial charge in [-0.3, -0.25) is 0 Å². The van der Waals surface area contributed by atoms with E-state index in [9.17, 15) is 5.11 Å². The molecule has 0 aromatic heterocycles. The summed E-state index contributed by atoms with van der Waals surface area (Å²) in [6.45, 7) is 11.6. The molecule has 0 saturated heterocycles. The smallest absolute Gasteiger partial charge is 0.0715 e. The molecule has 0 amide bonds. The van der Waals surface area contributed by atoms with Crippen LogP contribution >= 0.6 is 0 Å². The topological polar surface area (TPSA) is 32.3 Å². The Bertz CT molecular complexity index is 222. The molecule has 2 N–H and O–H groups in total. The number of rotatable bonds is 5. The highest BCUT2D eigenvalue weighted by Crippen LogP contribution is 2.40. The Morgan fingerprint density at radius 2 is 1.59 bits per heavy atom. The van der Waals surface area contributed by atoms with Crippen molar-refractivity contribution in [3.8, 4) is 0 Å². The summed E-state index contributed by atoms with van der Waals surface area (Å²) >= 11 is 0.